The van der Waals surface area contributed by atoms with E-state index in [-0.39, 0.29) is 0 Å². The molecule has 0 unspecified atom stereocenters. The molecule has 1 aromatic carbocycles. The Balaban J connectivity index is 2.34. The van der Waals surface area contributed by atoms with Gasteiger partial charge in [0.15, 0.2) is 0 Å². The molecule has 2 rings (SSSR count). The van der Waals surface area contributed by atoms with E-state index >= 15 is 0 Å². The minimum atomic E-state index is 0.363. The van der Waals surface area contributed by atoms with Crippen molar-refractivity contribution in [3.05, 3.63) is 28.8 Å². The van der Waals surface area contributed by atoms with Gasteiger partial charge in [-0.25, -0.2) is 0 Å². The first kappa shape index (κ1) is 9.85. The van der Waals surface area contributed by atoms with Gasteiger partial charge in [0, 0.05) is 17.3 Å². The lowest BCUT2D eigenvalue weighted by molar-refractivity contribution is 0.365. The second-order valence-corrected chi connectivity index (χ2v) is 5.19. The van der Waals surface area contributed by atoms with Crippen molar-refractivity contribution in [2.24, 2.45) is 5.41 Å². The minimum Gasteiger partial charge on any atom is -0.384 e. The quantitative estimate of drug-likeness (QED) is 0.687. The Hall–Kier alpha value is -0.690. The molecule has 0 fully saturated rings. The molecule has 2 heteroatoms. The third-order valence-corrected chi connectivity index (χ3v) is 3.28. The molecule has 0 radical (unpaired) electrons. The fraction of sp³-hybridized carbons (Fsp3) is 0.500. The van der Waals surface area contributed by atoms with Crippen molar-refractivity contribution >= 4 is 17.3 Å². The molecular weight excluding hydrogens is 194 g/mol. The molecule has 1 nitrogen and oxygen atoms in total. The number of fused-ring (bicyclic) bond motifs is 1. The SMILES string of the molecule is CC1(C)CCc2c(Cl)cccc2NC1. The van der Waals surface area contributed by atoms with Crippen LogP contribution in [0.1, 0.15) is 25.8 Å². The average Bonchev–Trinajstić information content (AvgIpc) is 2.27. The summed E-state index contributed by atoms with van der Waals surface area (Å²) in [6.45, 7) is 5.61. The highest BCUT2D eigenvalue weighted by atomic mass is 35.5. The molecule has 0 spiro atoms. The number of anilines is 1. The van der Waals surface area contributed by atoms with Gasteiger partial charge < -0.3 is 5.32 Å². The highest BCUT2D eigenvalue weighted by Gasteiger charge is 2.22. The first-order chi connectivity index (χ1) is 6.58. The van der Waals surface area contributed by atoms with Gasteiger partial charge in [0.1, 0.15) is 0 Å². The molecule has 1 aliphatic heterocycles. The van der Waals surface area contributed by atoms with Crippen molar-refractivity contribution in [2.75, 3.05) is 11.9 Å². The Morgan fingerprint density at radius 3 is 2.93 bits per heavy atom. The number of hydrogen-bond donors (Lipinski definition) is 1. The molecule has 0 aromatic heterocycles. The van der Waals surface area contributed by atoms with Gasteiger partial charge in [-0.3, -0.25) is 0 Å². The van der Waals surface area contributed by atoms with Crippen LogP contribution in [0.15, 0.2) is 18.2 Å². The third kappa shape index (κ3) is 1.88. The fourth-order valence-electron chi connectivity index (χ4n) is 1.86. The Morgan fingerprint density at radius 1 is 1.36 bits per heavy atom. The van der Waals surface area contributed by atoms with E-state index in [9.17, 15) is 0 Å². The predicted molar refractivity (Wildman–Crippen MR) is 62.0 cm³/mol. The number of hydrogen-bond acceptors (Lipinski definition) is 1. The monoisotopic (exact) mass is 209 g/mol. The van der Waals surface area contributed by atoms with Crippen molar-refractivity contribution in [3.63, 3.8) is 0 Å². The van der Waals surface area contributed by atoms with Crippen molar-refractivity contribution in [1.82, 2.24) is 0 Å². The lowest BCUT2D eigenvalue weighted by atomic mass is 9.87. The van der Waals surface area contributed by atoms with E-state index in [1.165, 1.54) is 17.7 Å². The number of nitrogens with one attached hydrogen (secondary N) is 1. The normalized spacial score (nSPS) is 19.4. The summed E-state index contributed by atoms with van der Waals surface area (Å²) in [4.78, 5) is 0. The number of halogens is 1. The number of benzene rings is 1. The van der Waals surface area contributed by atoms with E-state index < -0.39 is 0 Å². The van der Waals surface area contributed by atoms with Crippen LogP contribution < -0.4 is 5.32 Å². The molecule has 1 aliphatic rings. The third-order valence-electron chi connectivity index (χ3n) is 2.93. The summed E-state index contributed by atoms with van der Waals surface area (Å²) >= 11 is 6.17. The largest absolute Gasteiger partial charge is 0.384 e. The molecule has 0 amide bonds. The highest BCUT2D eigenvalue weighted by Crippen LogP contribution is 2.33. The van der Waals surface area contributed by atoms with Crippen molar-refractivity contribution in [1.29, 1.82) is 0 Å². The summed E-state index contributed by atoms with van der Waals surface area (Å²) in [7, 11) is 0. The molecule has 0 saturated carbocycles. The van der Waals surface area contributed by atoms with Gasteiger partial charge in [-0.05, 0) is 36.0 Å². The van der Waals surface area contributed by atoms with Crippen LogP contribution in [0.2, 0.25) is 5.02 Å². The van der Waals surface area contributed by atoms with E-state index in [2.05, 4.69) is 25.2 Å². The van der Waals surface area contributed by atoms with Crippen LogP contribution >= 0.6 is 11.6 Å². The van der Waals surface area contributed by atoms with Crippen LogP contribution in [0.25, 0.3) is 0 Å². The standard InChI is InChI=1S/C12H16ClN/c1-12(2)7-6-9-10(13)4-3-5-11(9)14-8-12/h3-5,14H,6-8H2,1-2H3. The Bertz CT molecular complexity index is 344. The summed E-state index contributed by atoms with van der Waals surface area (Å²) < 4.78 is 0. The van der Waals surface area contributed by atoms with Crippen LogP contribution in [-0.4, -0.2) is 6.54 Å². The van der Waals surface area contributed by atoms with E-state index in [4.69, 9.17) is 11.6 Å². The smallest absolute Gasteiger partial charge is 0.0458 e. The maximum atomic E-state index is 6.17. The zero-order valence-electron chi connectivity index (χ0n) is 8.73. The summed E-state index contributed by atoms with van der Waals surface area (Å²) in [5, 5.41) is 4.37. The second-order valence-electron chi connectivity index (χ2n) is 4.78. The lowest BCUT2D eigenvalue weighted by Gasteiger charge is -2.21. The van der Waals surface area contributed by atoms with Crippen LogP contribution in [0, 0.1) is 5.41 Å². The molecule has 1 heterocycles. The van der Waals surface area contributed by atoms with Gasteiger partial charge in [-0.1, -0.05) is 31.5 Å². The first-order valence-electron chi connectivity index (χ1n) is 5.10. The molecule has 1 N–H and O–H groups in total. The predicted octanol–water partition coefficient (Wildman–Crippen LogP) is 3.72. The Kier molecular flexibility index (Phi) is 2.44. The van der Waals surface area contributed by atoms with Crippen molar-refractivity contribution < 1.29 is 0 Å². The van der Waals surface area contributed by atoms with E-state index in [1.54, 1.807) is 0 Å². The van der Waals surface area contributed by atoms with Gasteiger partial charge in [-0.15, -0.1) is 0 Å². The Morgan fingerprint density at radius 2 is 2.14 bits per heavy atom. The van der Waals surface area contributed by atoms with Crippen molar-refractivity contribution in [2.45, 2.75) is 26.7 Å². The molecule has 0 saturated heterocycles. The van der Waals surface area contributed by atoms with Gasteiger partial charge >= 0.3 is 0 Å². The molecule has 76 valence electrons. The molecule has 14 heavy (non-hydrogen) atoms. The second kappa shape index (κ2) is 3.47. The molecule has 1 aromatic rings. The van der Waals surface area contributed by atoms with E-state index in [1.807, 2.05) is 12.1 Å². The van der Waals surface area contributed by atoms with E-state index in [0.29, 0.717) is 5.41 Å². The van der Waals surface area contributed by atoms with Gasteiger partial charge in [-0.2, -0.15) is 0 Å². The molecular formula is C12H16ClN. The van der Waals surface area contributed by atoms with Crippen molar-refractivity contribution in [3.8, 4) is 0 Å². The highest BCUT2D eigenvalue weighted by molar-refractivity contribution is 6.31. The summed E-state index contributed by atoms with van der Waals surface area (Å²) in [6, 6.07) is 6.09. The molecule has 0 aliphatic carbocycles. The molecule has 0 bridgehead atoms. The zero-order chi connectivity index (χ0) is 10.2. The van der Waals surface area contributed by atoms with E-state index in [0.717, 1.165) is 18.0 Å². The summed E-state index contributed by atoms with van der Waals surface area (Å²) in [5.41, 5.74) is 2.85. The van der Waals surface area contributed by atoms with Gasteiger partial charge in [0.25, 0.3) is 0 Å². The van der Waals surface area contributed by atoms with Crippen LogP contribution in [-0.2, 0) is 6.42 Å². The number of rotatable bonds is 0. The maximum absolute atomic E-state index is 6.17. The zero-order valence-corrected chi connectivity index (χ0v) is 9.49. The first-order valence-corrected chi connectivity index (χ1v) is 5.48. The minimum absolute atomic E-state index is 0.363. The van der Waals surface area contributed by atoms with Crippen LogP contribution in [0.3, 0.4) is 0 Å². The maximum Gasteiger partial charge on any atom is 0.0458 e. The Labute approximate surface area is 90.5 Å². The van der Waals surface area contributed by atoms with Gasteiger partial charge in [0.2, 0.25) is 0 Å². The summed E-state index contributed by atoms with van der Waals surface area (Å²) in [6.07, 6.45) is 2.27. The van der Waals surface area contributed by atoms with Gasteiger partial charge in [0.05, 0.1) is 0 Å². The molecule has 0 atom stereocenters. The van der Waals surface area contributed by atoms with Crippen LogP contribution in [0.4, 0.5) is 5.69 Å². The topological polar surface area (TPSA) is 12.0 Å². The summed E-state index contributed by atoms with van der Waals surface area (Å²) in [5.74, 6) is 0. The lowest BCUT2D eigenvalue weighted by Crippen LogP contribution is -2.21. The fourth-order valence-corrected chi connectivity index (χ4v) is 2.13. The van der Waals surface area contributed by atoms with Crippen LogP contribution in [0.5, 0.6) is 0 Å². The average molecular weight is 210 g/mol.